The number of hydrogen-bond donors (Lipinski definition) is 2. The van der Waals surface area contributed by atoms with Crippen LogP contribution in [0.3, 0.4) is 0 Å². The molecule has 2 amide bonds. The van der Waals surface area contributed by atoms with Gasteiger partial charge in [0, 0.05) is 23.4 Å². The first kappa shape index (κ1) is 21.1. The van der Waals surface area contributed by atoms with Crippen molar-refractivity contribution in [2.45, 2.75) is 32.7 Å². The van der Waals surface area contributed by atoms with Gasteiger partial charge in [0.05, 0.1) is 18.8 Å². The summed E-state index contributed by atoms with van der Waals surface area (Å²) in [5.41, 5.74) is 10.1. The highest BCUT2D eigenvalue weighted by atomic mass is 35.5. The van der Waals surface area contributed by atoms with Gasteiger partial charge in [-0.3, -0.25) is 4.79 Å². The summed E-state index contributed by atoms with van der Waals surface area (Å²) in [4.78, 5) is 26.8. The van der Waals surface area contributed by atoms with E-state index in [0.29, 0.717) is 49.6 Å². The van der Waals surface area contributed by atoms with Crippen LogP contribution in [-0.4, -0.2) is 30.1 Å². The quantitative estimate of drug-likeness (QED) is 0.652. The molecule has 0 bridgehead atoms. The number of thiophene rings is 1. The highest BCUT2D eigenvalue weighted by Crippen LogP contribution is 2.39. The van der Waals surface area contributed by atoms with Crippen LogP contribution >= 0.6 is 22.9 Å². The fourth-order valence-corrected chi connectivity index (χ4v) is 4.02. The molecule has 0 saturated heterocycles. The lowest BCUT2D eigenvalue weighted by Crippen LogP contribution is -2.35. The molecule has 0 unspecified atom stereocenters. The van der Waals surface area contributed by atoms with Crippen molar-refractivity contribution in [3.8, 4) is 0 Å². The molecule has 8 heteroatoms. The number of ether oxygens (including phenoxy) is 1. The number of hydrogen-bond acceptors (Lipinski definition) is 5. The average Bonchev–Trinajstić information content (AvgIpc) is 2.97. The van der Waals surface area contributed by atoms with Gasteiger partial charge in [-0.25, -0.2) is 4.79 Å². The van der Waals surface area contributed by atoms with E-state index in [2.05, 4.69) is 11.9 Å². The van der Waals surface area contributed by atoms with Gasteiger partial charge in [0.15, 0.2) is 0 Å². The molecule has 0 atom stereocenters. The van der Waals surface area contributed by atoms with Crippen molar-refractivity contribution < 1.29 is 14.3 Å². The minimum Gasteiger partial charge on any atom is -0.450 e. The Morgan fingerprint density at radius 1 is 1.44 bits per heavy atom. The zero-order chi connectivity index (χ0) is 19.8. The van der Waals surface area contributed by atoms with Crippen molar-refractivity contribution in [2.24, 2.45) is 0 Å². The molecule has 1 aromatic rings. The molecule has 1 aliphatic rings. The van der Waals surface area contributed by atoms with Gasteiger partial charge >= 0.3 is 6.09 Å². The molecule has 0 radical (unpaired) electrons. The number of nitrogens with zero attached hydrogens (tertiary/aromatic N) is 1. The van der Waals surface area contributed by atoms with Gasteiger partial charge in [0.1, 0.15) is 5.00 Å². The van der Waals surface area contributed by atoms with Gasteiger partial charge < -0.3 is 20.7 Å². The monoisotopic (exact) mass is 409 g/mol. The van der Waals surface area contributed by atoms with Crippen LogP contribution in [0.4, 0.5) is 15.5 Å². The van der Waals surface area contributed by atoms with E-state index in [9.17, 15) is 9.59 Å². The molecule has 0 fully saturated rings. The largest absolute Gasteiger partial charge is 0.450 e. The number of nitrogen functional groups attached to an aromatic ring is 1. The third-order valence-electron chi connectivity index (χ3n) is 4.16. The van der Waals surface area contributed by atoms with Gasteiger partial charge in [-0.1, -0.05) is 36.4 Å². The zero-order valence-electron chi connectivity index (χ0n) is 15.3. The highest BCUT2D eigenvalue weighted by molar-refractivity contribution is 7.17. The fraction of sp³-hybridized carbons (Fsp3) is 0.368. The number of rotatable bonds is 7. The van der Waals surface area contributed by atoms with Crippen LogP contribution in [0.25, 0.3) is 0 Å². The number of nitrogens with two attached hydrogens (primary N) is 1. The summed E-state index contributed by atoms with van der Waals surface area (Å²) in [6, 6.07) is 0. The van der Waals surface area contributed by atoms with Crippen LogP contribution < -0.4 is 11.1 Å². The minimum atomic E-state index is -0.324. The molecular formula is C19H24ClN3O3S. The SMILES string of the molecule is C=C/C(=C\C=C\Cl)CCC(=O)Nc1sc2c(c1N)CCN(C(=O)OCC)C2. The molecule has 1 aliphatic heterocycles. The maximum absolute atomic E-state index is 12.3. The van der Waals surface area contributed by atoms with Crippen molar-refractivity contribution in [2.75, 3.05) is 24.2 Å². The number of halogens is 1. The van der Waals surface area contributed by atoms with E-state index in [4.69, 9.17) is 22.1 Å². The normalized spacial score (nSPS) is 14.1. The van der Waals surface area contributed by atoms with Crippen molar-refractivity contribution >= 4 is 45.6 Å². The first-order valence-electron chi connectivity index (χ1n) is 8.70. The topological polar surface area (TPSA) is 84.7 Å². The third kappa shape index (κ3) is 5.61. The van der Waals surface area contributed by atoms with Crippen molar-refractivity contribution in [1.29, 1.82) is 0 Å². The number of allylic oxidation sites excluding steroid dienone is 4. The molecule has 0 aliphatic carbocycles. The molecular weight excluding hydrogens is 386 g/mol. The highest BCUT2D eigenvalue weighted by Gasteiger charge is 2.27. The maximum atomic E-state index is 12.3. The van der Waals surface area contributed by atoms with E-state index in [1.807, 2.05) is 6.08 Å². The molecule has 6 nitrogen and oxygen atoms in total. The number of amides is 2. The number of nitrogens with one attached hydrogen (secondary N) is 1. The van der Waals surface area contributed by atoms with Gasteiger partial charge in [-0.2, -0.15) is 0 Å². The summed E-state index contributed by atoms with van der Waals surface area (Å²) in [6.07, 6.45) is 6.40. The number of fused-ring (bicyclic) bond motifs is 1. The summed E-state index contributed by atoms with van der Waals surface area (Å²) in [6.45, 7) is 6.87. The summed E-state index contributed by atoms with van der Waals surface area (Å²) in [5.74, 6) is -0.120. The summed E-state index contributed by atoms with van der Waals surface area (Å²) >= 11 is 6.92. The van der Waals surface area contributed by atoms with Gasteiger partial charge in [0.25, 0.3) is 0 Å². The fourth-order valence-electron chi connectivity index (χ4n) is 2.75. The summed E-state index contributed by atoms with van der Waals surface area (Å²) < 4.78 is 5.06. The summed E-state index contributed by atoms with van der Waals surface area (Å²) in [5, 5.41) is 3.53. The Morgan fingerprint density at radius 3 is 2.89 bits per heavy atom. The molecule has 1 aromatic heterocycles. The Balaban J connectivity index is 1.99. The van der Waals surface area contributed by atoms with Crippen LogP contribution in [0.15, 0.2) is 35.9 Å². The standard InChI is InChI=1S/C19H24ClN3O3S/c1-3-13(6-5-10-20)7-8-16(24)22-18-17(21)14-9-11-23(12-15(14)27-18)19(25)26-4-2/h3,5-6,10H,1,4,7-9,11-12,21H2,2H3,(H,22,24)/b10-5+,13-6+. The van der Waals surface area contributed by atoms with E-state index < -0.39 is 0 Å². The van der Waals surface area contributed by atoms with Gasteiger partial charge in [-0.15, -0.1) is 11.3 Å². The molecule has 27 heavy (non-hydrogen) atoms. The van der Waals surface area contributed by atoms with Crippen LogP contribution in [0.5, 0.6) is 0 Å². The molecule has 0 saturated carbocycles. The Kier molecular flexibility index (Phi) is 7.94. The van der Waals surface area contributed by atoms with E-state index in [-0.39, 0.29) is 12.0 Å². The molecule has 2 rings (SSSR count). The van der Waals surface area contributed by atoms with Gasteiger partial charge in [-0.05, 0) is 30.9 Å². The van der Waals surface area contributed by atoms with Crippen LogP contribution in [0.2, 0.25) is 0 Å². The molecule has 2 heterocycles. The van der Waals surface area contributed by atoms with Gasteiger partial charge in [0.2, 0.25) is 5.91 Å². The first-order valence-corrected chi connectivity index (χ1v) is 9.95. The lowest BCUT2D eigenvalue weighted by atomic mass is 10.1. The predicted octanol–water partition coefficient (Wildman–Crippen LogP) is 4.43. The zero-order valence-corrected chi connectivity index (χ0v) is 16.9. The maximum Gasteiger partial charge on any atom is 0.410 e. The Hall–Kier alpha value is -2.25. The number of carbonyl (C=O) groups excluding carboxylic acids is 2. The Labute approximate surface area is 168 Å². The minimum absolute atomic E-state index is 0.120. The number of carbonyl (C=O) groups is 2. The second kappa shape index (κ2) is 10.2. The molecule has 0 spiro atoms. The molecule has 3 N–H and O–H groups in total. The van der Waals surface area contributed by atoms with E-state index in [1.54, 1.807) is 24.0 Å². The van der Waals surface area contributed by atoms with Crippen molar-refractivity contribution in [1.82, 2.24) is 4.90 Å². The number of anilines is 2. The van der Waals surface area contributed by atoms with Crippen LogP contribution in [0.1, 0.15) is 30.2 Å². The van der Waals surface area contributed by atoms with E-state index in [1.165, 1.54) is 16.9 Å². The Bertz CT molecular complexity index is 770. The van der Waals surface area contributed by atoms with Crippen molar-refractivity contribution in [3.05, 3.63) is 46.4 Å². The van der Waals surface area contributed by atoms with E-state index in [0.717, 1.165) is 16.0 Å². The van der Waals surface area contributed by atoms with Crippen molar-refractivity contribution in [3.63, 3.8) is 0 Å². The Morgan fingerprint density at radius 2 is 2.22 bits per heavy atom. The second-order valence-electron chi connectivity index (χ2n) is 5.93. The first-order chi connectivity index (χ1) is 13.0. The lowest BCUT2D eigenvalue weighted by molar-refractivity contribution is -0.116. The van der Waals surface area contributed by atoms with Crippen LogP contribution in [0, 0.1) is 0 Å². The smallest absolute Gasteiger partial charge is 0.410 e. The lowest BCUT2D eigenvalue weighted by Gasteiger charge is -2.26. The van der Waals surface area contributed by atoms with Crippen LogP contribution in [-0.2, 0) is 22.5 Å². The second-order valence-corrected chi connectivity index (χ2v) is 7.29. The van der Waals surface area contributed by atoms with E-state index >= 15 is 0 Å². The molecule has 0 aromatic carbocycles. The predicted molar refractivity (Wildman–Crippen MR) is 111 cm³/mol. The average molecular weight is 410 g/mol. The molecule has 146 valence electrons. The third-order valence-corrected chi connectivity index (χ3v) is 5.46. The summed E-state index contributed by atoms with van der Waals surface area (Å²) in [7, 11) is 0.